The zero-order chi connectivity index (χ0) is 18.4. The molecule has 0 fully saturated rings. The van der Waals surface area contributed by atoms with Crippen molar-refractivity contribution in [3.63, 3.8) is 0 Å². The van der Waals surface area contributed by atoms with E-state index in [0.29, 0.717) is 10.7 Å². The van der Waals surface area contributed by atoms with E-state index in [-0.39, 0.29) is 18.5 Å². The Morgan fingerprint density at radius 2 is 1.92 bits per heavy atom. The molecule has 4 N–H and O–H groups in total. The van der Waals surface area contributed by atoms with Crippen LogP contribution < -0.4 is 16.0 Å². The van der Waals surface area contributed by atoms with Gasteiger partial charge in [-0.3, -0.25) is 10.1 Å². The molecule has 0 bridgehead atoms. The Bertz CT molecular complexity index is 777. The standard InChI is InChI=1S/C19H22ClN3O2/c1-12-7-8-17(13(2)9-12)22-19(25)23-18(24)11-21-14(3)15-5-4-6-16(20)10-15/h4-10,14,21H,11H2,1-3H3,(H2,22,23,24,25)/p+1/t14-/m0/s1. The van der Waals surface area contributed by atoms with Gasteiger partial charge in [0.15, 0.2) is 6.54 Å². The molecule has 2 aromatic rings. The summed E-state index contributed by atoms with van der Waals surface area (Å²) in [4.78, 5) is 23.9. The number of nitrogens with two attached hydrogens (primary N) is 1. The van der Waals surface area contributed by atoms with E-state index >= 15 is 0 Å². The molecule has 0 heterocycles. The molecule has 6 heteroatoms. The van der Waals surface area contributed by atoms with Crippen LogP contribution >= 0.6 is 11.6 Å². The van der Waals surface area contributed by atoms with Gasteiger partial charge in [0.2, 0.25) is 0 Å². The Hall–Kier alpha value is -2.37. The number of nitrogens with one attached hydrogen (secondary N) is 2. The average molecular weight is 361 g/mol. The molecule has 0 radical (unpaired) electrons. The van der Waals surface area contributed by atoms with E-state index in [4.69, 9.17) is 11.6 Å². The van der Waals surface area contributed by atoms with Crippen LogP contribution in [0.25, 0.3) is 0 Å². The predicted octanol–water partition coefficient (Wildman–Crippen LogP) is 2.93. The summed E-state index contributed by atoms with van der Waals surface area (Å²) < 4.78 is 0. The van der Waals surface area contributed by atoms with E-state index < -0.39 is 6.03 Å². The lowest BCUT2D eigenvalue weighted by Gasteiger charge is -2.12. The first-order valence-corrected chi connectivity index (χ1v) is 8.50. The fourth-order valence-corrected chi connectivity index (χ4v) is 2.69. The Kier molecular flexibility index (Phi) is 6.56. The summed E-state index contributed by atoms with van der Waals surface area (Å²) in [6.45, 7) is 6.02. The van der Waals surface area contributed by atoms with Crippen molar-refractivity contribution >= 4 is 29.2 Å². The Balaban J connectivity index is 1.82. The molecule has 0 aliphatic carbocycles. The molecule has 25 heavy (non-hydrogen) atoms. The Morgan fingerprint density at radius 3 is 2.60 bits per heavy atom. The van der Waals surface area contributed by atoms with Crippen molar-refractivity contribution < 1.29 is 14.9 Å². The lowest BCUT2D eigenvalue weighted by atomic mass is 10.1. The number of hydrogen-bond donors (Lipinski definition) is 3. The quantitative estimate of drug-likeness (QED) is 0.766. The molecule has 132 valence electrons. The van der Waals surface area contributed by atoms with Crippen LogP contribution in [0, 0.1) is 13.8 Å². The van der Waals surface area contributed by atoms with Crippen molar-refractivity contribution in [1.29, 1.82) is 0 Å². The number of carbonyl (C=O) groups excluding carboxylic acids is 2. The number of quaternary nitrogens is 1. The first kappa shape index (κ1) is 19.0. The number of carbonyl (C=O) groups is 2. The topological polar surface area (TPSA) is 74.8 Å². The second-order valence-electron chi connectivity index (χ2n) is 6.10. The normalized spacial score (nSPS) is 11.7. The summed E-state index contributed by atoms with van der Waals surface area (Å²) >= 11 is 5.97. The Labute approximate surface area is 152 Å². The molecule has 0 aliphatic heterocycles. The van der Waals surface area contributed by atoms with Crippen LogP contribution in [0.5, 0.6) is 0 Å². The van der Waals surface area contributed by atoms with Gasteiger partial charge in [0.25, 0.3) is 5.91 Å². The molecule has 0 saturated carbocycles. The molecule has 0 aliphatic rings. The number of benzene rings is 2. The van der Waals surface area contributed by atoms with Gasteiger partial charge in [-0.25, -0.2) is 4.79 Å². The van der Waals surface area contributed by atoms with Crippen LogP contribution in [-0.2, 0) is 4.79 Å². The Morgan fingerprint density at radius 1 is 1.16 bits per heavy atom. The summed E-state index contributed by atoms with van der Waals surface area (Å²) in [5.74, 6) is -0.351. The molecule has 0 unspecified atom stereocenters. The van der Waals surface area contributed by atoms with Crippen LogP contribution in [0.4, 0.5) is 10.5 Å². The number of urea groups is 1. The van der Waals surface area contributed by atoms with Crippen molar-refractivity contribution in [2.24, 2.45) is 0 Å². The highest BCUT2D eigenvalue weighted by Gasteiger charge is 2.14. The van der Waals surface area contributed by atoms with Gasteiger partial charge in [-0.05, 0) is 44.5 Å². The smallest absolute Gasteiger partial charge is 0.326 e. The SMILES string of the molecule is Cc1ccc(NC(=O)NC(=O)C[NH2+][C@@H](C)c2cccc(Cl)c2)c(C)c1. The maximum Gasteiger partial charge on any atom is 0.326 e. The molecule has 3 amide bonds. The van der Waals surface area contributed by atoms with Crippen LogP contribution in [0.3, 0.4) is 0 Å². The first-order valence-electron chi connectivity index (χ1n) is 8.12. The van der Waals surface area contributed by atoms with E-state index in [9.17, 15) is 9.59 Å². The molecule has 0 aromatic heterocycles. The lowest BCUT2D eigenvalue weighted by molar-refractivity contribution is -0.682. The minimum absolute atomic E-state index is 0.0619. The molecule has 0 spiro atoms. The lowest BCUT2D eigenvalue weighted by Crippen LogP contribution is -2.87. The minimum Gasteiger partial charge on any atom is -0.333 e. The summed E-state index contributed by atoms with van der Waals surface area (Å²) in [5, 5.41) is 7.55. The molecule has 5 nitrogen and oxygen atoms in total. The average Bonchev–Trinajstić information content (AvgIpc) is 2.55. The predicted molar refractivity (Wildman–Crippen MR) is 99.7 cm³/mol. The monoisotopic (exact) mass is 360 g/mol. The number of rotatable bonds is 5. The van der Waals surface area contributed by atoms with Crippen molar-refractivity contribution in [3.05, 3.63) is 64.2 Å². The zero-order valence-electron chi connectivity index (χ0n) is 14.6. The van der Waals surface area contributed by atoms with Gasteiger partial charge < -0.3 is 10.6 Å². The largest absolute Gasteiger partial charge is 0.333 e. The van der Waals surface area contributed by atoms with E-state index in [0.717, 1.165) is 16.7 Å². The third-order valence-corrected chi connectivity index (χ3v) is 4.15. The molecular formula is C19H23ClN3O2+. The second-order valence-corrected chi connectivity index (χ2v) is 6.54. The zero-order valence-corrected chi connectivity index (χ0v) is 15.4. The molecule has 2 aromatic carbocycles. The van der Waals surface area contributed by atoms with E-state index in [1.165, 1.54) is 0 Å². The number of hydrogen-bond acceptors (Lipinski definition) is 2. The van der Waals surface area contributed by atoms with Gasteiger partial charge in [0.1, 0.15) is 6.04 Å². The third kappa shape index (κ3) is 5.89. The van der Waals surface area contributed by atoms with E-state index in [1.54, 1.807) is 0 Å². The highest BCUT2D eigenvalue weighted by molar-refractivity contribution is 6.30. The van der Waals surface area contributed by atoms with Gasteiger partial charge in [0, 0.05) is 16.3 Å². The number of imide groups is 1. The van der Waals surface area contributed by atoms with Crippen molar-refractivity contribution in [3.8, 4) is 0 Å². The highest BCUT2D eigenvalue weighted by Crippen LogP contribution is 2.16. The summed E-state index contributed by atoms with van der Waals surface area (Å²) in [7, 11) is 0. The fraction of sp³-hybridized carbons (Fsp3) is 0.263. The van der Waals surface area contributed by atoms with Crippen molar-refractivity contribution in [2.45, 2.75) is 26.8 Å². The van der Waals surface area contributed by atoms with Crippen LogP contribution in [0.2, 0.25) is 5.02 Å². The van der Waals surface area contributed by atoms with Crippen LogP contribution in [-0.4, -0.2) is 18.5 Å². The van der Waals surface area contributed by atoms with Gasteiger partial charge >= 0.3 is 6.03 Å². The first-order chi connectivity index (χ1) is 11.8. The third-order valence-electron chi connectivity index (χ3n) is 3.91. The van der Waals surface area contributed by atoms with E-state index in [1.807, 2.05) is 68.6 Å². The van der Waals surface area contributed by atoms with Crippen LogP contribution in [0.1, 0.15) is 29.7 Å². The number of halogens is 1. The highest BCUT2D eigenvalue weighted by atomic mass is 35.5. The molecule has 0 saturated heterocycles. The second kappa shape index (κ2) is 8.65. The van der Waals surface area contributed by atoms with Gasteiger partial charge in [0.05, 0.1) is 0 Å². The van der Waals surface area contributed by atoms with E-state index in [2.05, 4.69) is 10.6 Å². The van der Waals surface area contributed by atoms with Gasteiger partial charge in [-0.1, -0.05) is 41.4 Å². The summed E-state index contributed by atoms with van der Waals surface area (Å²) in [5.41, 5.74) is 3.78. The molecule has 2 rings (SSSR count). The van der Waals surface area contributed by atoms with Crippen LogP contribution in [0.15, 0.2) is 42.5 Å². The van der Waals surface area contributed by atoms with Crippen molar-refractivity contribution in [2.75, 3.05) is 11.9 Å². The maximum atomic E-state index is 12.0. The fourth-order valence-electron chi connectivity index (χ4n) is 2.49. The maximum absolute atomic E-state index is 12.0. The number of anilines is 1. The summed E-state index contributed by atoms with van der Waals surface area (Å²) in [6, 6.07) is 12.7. The minimum atomic E-state index is -0.527. The number of amides is 3. The molecular weight excluding hydrogens is 338 g/mol. The number of aryl methyl sites for hydroxylation is 2. The summed E-state index contributed by atoms with van der Waals surface area (Å²) in [6.07, 6.45) is 0. The van der Waals surface area contributed by atoms with Gasteiger partial charge in [-0.15, -0.1) is 0 Å². The molecule has 1 atom stereocenters. The van der Waals surface area contributed by atoms with Gasteiger partial charge in [-0.2, -0.15) is 0 Å². The van der Waals surface area contributed by atoms with Crippen molar-refractivity contribution in [1.82, 2.24) is 5.32 Å².